The molecule has 2 atom stereocenters. The topological polar surface area (TPSA) is 53.5 Å². The summed E-state index contributed by atoms with van der Waals surface area (Å²) < 4.78 is 40.2. The molecule has 8 heteroatoms. The third kappa shape index (κ3) is 3.01. The number of nitrogens with zero attached hydrogens (tertiary/aromatic N) is 3. The van der Waals surface area contributed by atoms with Gasteiger partial charge in [-0.05, 0) is 36.1 Å². The SMILES string of the molecule is O=S(=O)(c1ccccc1Cl)N1CC2CN(c3ccc(F)cn3)CC2C1. The van der Waals surface area contributed by atoms with Gasteiger partial charge in [-0.25, -0.2) is 17.8 Å². The highest BCUT2D eigenvalue weighted by atomic mass is 35.5. The van der Waals surface area contributed by atoms with Gasteiger partial charge >= 0.3 is 0 Å². The molecule has 0 saturated carbocycles. The highest BCUT2D eigenvalue weighted by molar-refractivity contribution is 7.89. The van der Waals surface area contributed by atoms with Gasteiger partial charge in [-0.15, -0.1) is 0 Å². The van der Waals surface area contributed by atoms with Gasteiger partial charge in [0.1, 0.15) is 16.5 Å². The molecule has 132 valence electrons. The van der Waals surface area contributed by atoms with Crippen LogP contribution in [0.25, 0.3) is 0 Å². The van der Waals surface area contributed by atoms with E-state index in [1.807, 2.05) is 0 Å². The third-order valence-corrected chi connectivity index (χ3v) is 7.27. The molecule has 2 aromatic rings. The fourth-order valence-corrected chi connectivity index (χ4v) is 5.73. The molecule has 2 unspecified atom stereocenters. The van der Waals surface area contributed by atoms with Crippen LogP contribution in [0, 0.1) is 17.7 Å². The molecule has 0 amide bonds. The lowest BCUT2D eigenvalue weighted by atomic mass is 10.0. The maximum Gasteiger partial charge on any atom is 0.244 e. The van der Waals surface area contributed by atoms with E-state index in [2.05, 4.69) is 9.88 Å². The number of pyridine rings is 1. The number of halogens is 2. The Balaban J connectivity index is 1.49. The molecule has 3 heterocycles. The zero-order valence-corrected chi connectivity index (χ0v) is 14.9. The molecule has 2 aliphatic heterocycles. The summed E-state index contributed by atoms with van der Waals surface area (Å²) in [6.07, 6.45) is 1.21. The van der Waals surface area contributed by atoms with Crippen molar-refractivity contribution in [2.24, 2.45) is 11.8 Å². The molecular weight excluding hydrogens is 365 g/mol. The molecule has 0 N–H and O–H groups in total. The quantitative estimate of drug-likeness (QED) is 0.820. The standard InChI is InChI=1S/C17H17ClFN3O2S/c18-15-3-1-2-4-16(15)25(23,24)22-10-12-8-21(9-13(12)11-22)17-6-5-14(19)7-20-17/h1-7,12-13H,8-11H2. The normalized spacial score (nSPS) is 23.8. The zero-order chi connectivity index (χ0) is 17.6. The van der Waals surface area contributed by atoms with Crippen molar-refractivity contribution in [3.63, 3.8) is 0 Å². The molecular formula is C17H17ClFN3O2S. The van der Waals surface area contributed by atoms with Crippen molar-refractivity contribution in [1.82, 2.24) is 9.29 Å². The Bertz CT molecular complexity index is 877. The first-order valence-electron chi connectivity index (χ1n) is 8.06. The predicted molar refractivity (Wildman–Crippen MR) is 93.6 cm³/mol. The average molecular weight is 382 g/mol. The van der Waals surface area contributed by atoms with E-state index in [1.54, 1.807) is 30.3 Å². The van der Waals surface area contributed by atoms with Gasteiger partial charge in [0.05, 0.1) is 11.2 Å². The monoisotopic (exact) mass is 381 g/mol. The lowest BCUT2D eigenvalue weighted by Gasteiger charge is -2.22. The minimum absolute atomic E-state index is 0.161. The van der Waals surface area contributed by atoms with Gasteiger partial charge in [0, 0.05) is 26.2 Å². The predicted octanol–water partition coefficient (Wildman–Crippen LogP) is 2.63. The summed E-state index contributed by atoms with van der Waals surface area (Å²) in [6.45, 7) is 2.38. The average Bonchev–Trinajstić information content (AvgIpc) is 3.15. The van der Waals surface area contributed by atoms with Crippen LogP contribution in [0.15, 0.2) is 47.5 Å². The molecule has 4 rings (SSSR count). The second-order valence-corrected chi connectivity index (χ2v) is 8.83. The van der Waals surface area contributed by atoms with Crippen LogP contribution < -0.4 is 4.90 Å². The molecule has 0 aliphatic carbocycles. The first kappa shape index (κ1) is 16.8. The van der Waals surface area contributed by atoms with Gasteiger partial charge in [0.2, 0.25) is 10.0 Å². The first-order chi connectivity index (χ1) is 11.9. The minimum Gasteiger partial charge on any atom is -0.356 e. The summed E-state index contributed by atoms with van der Waals surface area (Å²) in [5.74, 6) is 0.852. The molecule has 2 fully saturated rings. The zero-order valence-electron chi connectivity index (χ0n) is 13.3. The number of hydrogen-bond acceptors (Lipinski definition) is 4. The summed E-state index contributed by atoms with van der Waals surface area (Å²) in [4.78, 5) is 6.37. The van der Waals surface area contributed by atoms with Gasteiger partial charge in [-0.1, -0.05) is 23.7 Å². The molecule has 0 bridgehead atoms. The van der Waals surface area contributed by atoms with Crippen molar-refractivity contribution in [2.75, 3.05) is 31.1 Å². The van der Waals surface area contributed by atoms with Crippen molar-refractivity contribution in [1.29, 1.82) is 0 Å². The Morgan fingerprint density at radius 1 is 1.04 bits per heavy atom. The molecule has 1 aromatic carbocycles. The van der Waals surface area contributed by atoms with Crippen LogP contribution in [-0.2, 0) is 10.0 Å². The molecule has 2 saturated heterocycles. The lowest BCUT2D eigenvalue weighted by molar-refractivity contribution is 0.453. The Morgan fingerprint density at radius 3 is 2.32 bits per heavy atom. The van der Waals surface area contributed by atoms with Crippen molar-refractivity contribution >= 4 is 27.4 Å². The molecule has 1 aromatic heterocycles. The Kier molecular flexibility index (Phi) is 4.17. The van der Waals surface area contributed by atoms with E-state index in [1.165, 1.54) is 16.6 Å². The maximum atomic E-state index is 13.0. The lowest BCUT2D eigenvalue weighted by Crippen LogP contribution is -2.33. The van der Waals surface area contributed by atoms with E-state index >= 15 is 0 Å². The fraction of sp³-hybridized carbons (Fsp3) is 0.353. The van der Waals surface area contributed by atoms with Gasteiger partial charge in [0.15, 0.2) is 0 Å². The second-order valence-electron chi connectivity index (χ2n) is 6.51. The van der Waals surface area contributed by atoms with E-state index in [4.69, 9.17) is 11.6 Å². The highest BCUT2D eigenvalue weighted by Crippen LogP contribution is 2.36. The molecule has 0 radical (unpaired) electrons. The number of hydrogen-bond donors (Lipinski definition) is 0. The fourth-order valence-electron chi connectivity index (χ4n) is 3.68. The van der Waals surface area contributed by atoms with Gasteiger partial charge in [-0.3, -0.25) is 0 Å². The second kappa shape index (κ2) is 6.23. The molecule has 2 aliphatic rings. The Hall–Kier alpha value is -1.70. The van der Waals surface area contributed by atoms with Gasteiger partial charge < -0.3 is 4.90 Å². The van der Waals surface area contributed by atoms with Crippen LogP contribution in [0.1, 0.15) is 0 Å². The molecule has 5 nitrogen and oxygen atoms in total. The van der Waals surface area contributed by atoms with E-state index in [9.17, 15) is 12.8 Å². The maximum absolute atomic E-state index is 13.0. The minimum atomic E-state index is -3.58. The summed E-state index contributed by atoms with van der Waals surface area (Å²) in [5, 5.41) is 0.247. The summed E-state index contributed by atoms with van der Waals surface area (Å²) in [5.41, 5.74) is 0. The highest BCUT2D eigenvalue weighted by Gasteiger charge is 2.44. The Morgan fingerprint density at radius 2 is 1.72 bits per heavy atom. The van der Waals surface area contributed by atoms with E-state index in [0.717, 1.165) is 18.9 Å². The van der Waals surface area contributed by atoms with Crippen LogP contribution in [0.2, 0.25) is 5.02 Å². The number of benzene rings is 1. The summed E-state index contributed by atoms with van der Waals surface area (Å²) >= 11 is 6.07. The Labute approximate surface area is 151 Å². The molecule has 0 spiro atoms. The first-order valence-corrected chi connectivity index (χ1v) is 9.88. The number of aromatic nitrogens is 1. The van der Waals surface area contributed by atoms with Crippen LogP contribution in [0.4, 0.5) is 10.2 Å². The van der Waals surface area contributed by atoms with Gasteiger partial charge in [0.25, 0.3) is 0 Å². The number of anilines is 1. The number of sulfonamides is 1. The van der Waals surface area contributed by atoms with E-state index in [-0.39, 0.29) is 27.6 Å². The van der Waals surface area contributed by atoms with Crippen LogP contribution >= 0.6 is 11.6 Å². The largest absolute Gasteiger partial charge is 0.356 e. The van der Waals surface area contributed by atoms with E-state index in [0.29, 0.717) is 13.1 Å². The molecule has 25 heavy (non-hydrogen) atoms. The van der Waals surface area contributed by atoms with Crippen LogP contribution in [0.3, 0.4) is 0 Å². The number of rotatable bonds is 3. The van der Waals surface area contributed by atoms with Gasteiger partial charge in [-0.2, -0.15) is 4.31 Å². The van der Waals surface area contributed by atoms with Crippen LogP contribution in [-0.4, -0.2) is 43.9 Å². The number of fused-ring (bicyclic) bond motifs is 1. The van der Waals surface area contributed by atoms with Crippen molar-refractivity contribution in [2.45, 2.75) is 4.90 Å². The van der Waals surface area contributed by atoms with E-state index < -0.39 is 10.0 Å². The van der Waals surface area contributed by atoms with Crippen molar-refractivity contribution in [3.05, 3.63) is 53.4 Å². The van der Waals surface area contributed by atoms with Crippen LogP contribution in [0.5, 0.6) is 0 Å². The summed E-state index contributed by atoms with van der Waals surface area (Å²) in [6, 6.07) is 9.58. The smallest absolute Gasteiger partial charge is 0.244 e. The van der Waals surface area contributed by atoms with Crippen molar-refractivity contribution in [3.8, 4) is 0 Å². The van der Waals surface area contributed by atoms with Crippen molar-refractivity contribution < 1.29 is 12.8 Å². The third-order valence-electron chi connectivity index (χ3n) is 4.94. The summed E-state index contributed by atoms with van der Waals surface area (Å²) in [7, 11) is -3.58.